The van der Waals surface area contributed by atoms with Gasteiger partial charge in [-0.25, -0.2) is 0 Å². The predicted molar refractivity (Wildman–Crippen MR) is 69.0 cm³/mol. The number of amidine groups is 1. The summed E-state index contributed by atoms with van der Waals surface area (Å²) in [5.41, 5.74) is 5.55. The lowest BCUT2D eigenvalue weighted by Gasteiger charge is -2.06. The molecule has 0 fully saturated rings. The van der Waals surface area contributed by atoms with Gasteiger partial charge in [0.15, 0.2) is 0 Å². The van der Waals surface area contributed by atoms with Crippen molar-refractivity contribution >= 4 is 5.84 Å². The topological polar surface area (TPSA) is 71.7 Å². The van der Waals surface area contributed by atoms with Gasteiger partial charge in [0.05, 0.1) is 19.0 Å². The van der Waals surface area contributed by atoms with E-state index in [0.717, 1.165) is 45.8 Å². The molecule has 16 heavy (non-hydrogen) atoms. The molecule has 0 bridgehead atoms. The van der Waals surface area contributed by atoms with Crippen molar-refractivity contribution < 1.29 is 4.74 Å². The normalized spacial score (nSPS) is 12.0. The molecular formula is C11H26N4O. The van der Waals surface area contributed by atoms with E-state index in [-0.39, 0.29) is 0 Å². The molecule has 5 nitrogen and oxygen atoms in total. The lowest BCUT2D eigenvalue weighted by molar-refractivity contribution is 0.138. The number of nitrogens with zero attached hydrogens (tertiary/aromatic N) is 1. The van der Waals surface area contributed by atoms with E-state index in [9.17, 15) is 0 Å². The molecule has 0 saturated carbocycles. The Morgan fingerprint density at radius 1 is 1.12 bits per heavy atom. The Balaban J connectivity index is 2.99. The minimum absolute atomic E-state index is 0.692. The van der Waals surface area contributed by atoms with Crippen molar-refractivity contribution in [3.63, 3.8) is 0 Å². The Hall–Kier alpha value is -0.650. The molecule has 0 amide bonds. The maximum absolute atomic E-state index is 5.55. The summed E-state index contributed by atoms with van der Waals surface area (Å²) in [4.78, 5) is 3.88. The SMILES string of the molecule is CCCNCCOCCNCCC(N)=NC. The first kappa shape index (κ1) is 15.3. The summed E-state index contributed by atoms with van der Waals surface area (Å²) in [5.74, 6) is 0.692. The molecule has 4 N–H and O–H groups in total. The van der Waals surface area contributed by atoms with E-state index in [0.29, 0.717) is 5.84 Å². The number of hydrogen-bond donors (Lipinski definition) is 3. The smallest absolute Gasteiger partial charge is 0.0946 e. The molecule has 0 rings (SSSR count). The lowest BCUT2D eigenvalue weighted by atomic mass is 10.4. The second-order valence-corrected chi connectivity index (χ2v) is 3.58. The molecule has 0 atom stereocenters. The molecule has 0 aromatic heterocycles. The van der Waals surface area contributed by atoms with E-state index in [1.54, 1.807) is 7.05 Å². The highest BCUT2D eigenvalue weighted by molar-refractivity contribution is 5.80. The van der Waals surface area contributed by atoms with Gasteiger partial charge in [-0.15, -0.1) is 0 Å². The van der Waals surface area contributed by atoms with Crippen molar-refractivity contribution in [2.24, 2.45) is 10.7 Å². The van der Waals surface area contributed by atoms with Gasteiger partial charge in [-0.1, -0.05) is 6.92 Å². The first-order valence-corrected chi connectivity index (χ1v) is 6.01. The molecule has 0 saturated heterocycles. The fourth-order valence-electron chi connectivity index (χ4n) is 1.15. The summed E-state index contributed by atoms with van der Waals surface area (Å²) in [7, 11) is 1.71. The molecule has 0 heterocycles. The highest BCUT2D eigenvalue weighted by Gasteiger charge is 1.92. The molecule has 0 spiro atoms. The average molecular weight is 230 g/mol. The van der Waals surface area contributed by atoms with Gasteiger partial charge in [0.1, 0.15) is 0 Å². The quantitative estimate of drug-likeness (QED) is 0.265. The number of hydrogen-bond acceptors (Lipinski definition) is 4. The van der Waals surface area contributed by atoms with Crippen molar-refractivity contribution in [2.45, 2.75) is 19.8 Å². The first-order chi connectivity index (χ1) is 7.81. The van der Waals surface area contributed by atoms with Crippen LogP contribution in [0.25, 0.3) is 0 Å². The van der Waals surface area contributed by atoms with Gasteiger partial charge in [0.25, 0.3) is 0 Å². The molecule has 5 heteroatoms. The molecule has 0 aliphatic heterocycles. The third-order valence-corrected chi connectivity index (χ3v) is 2.12. The summed E-state index contributed by atoms with van der Waals surface area (Å²) in [6, 6.07) is 0. The van der Waals surface area contributed by atoms with E-state index in [1.807, 2.05) is 0 Å². The molecule has 0 radical (unpaired) electrons. The Morgan fingerprint density at radius 2 is 1.75 bits per heavy atom. The molecular weight excluding hydrogens is 204 g/mol. The monoisotopic (exact) mass is 230 g/mol. The summed E-state index contributed by atoms with van der Waals surface area (Å²) in [6.07, 6.45) is 1.97. The van der Waals surface area contributed by atoms with Gasteiger partial charge in [0, 0.05) is 33.1 Å². The fraction of sp³-hybridized carbons (Fsp3) is 0.909. The molecule has 0 aliphatic carbocycles. The third-order valence-electron chi connectivity index (χ3n) is 2.12. The van der Waals surface area contributed by atoms with Gasteiger partial charge in [0.2, 0.25) is 0 Å². The van der Waals surface area contributed by atoms with Gasteiger partial charge in [-0.2, -0.15) is 0 Å². The van der Waals surface area contributed by atoms with Gasteiger partial charge in [-0.05, 0) is 13.0 Å². The zero-order valence-electron chi connectivity index (χ0n) is 10.6. The Morgan fingerprint density at radius 3 is 2.31 bits per heavy atom. The van der Waals surface area contributed by atoms with Crippen LogP contribution in [0.1, 0.15) is 19.8 Å². The summed E-state index contributed by atoms with van der Waals surface area (Å²) in [5, 5.41) is 6.53. The number of aliphatic imine (C=N–C) groups is 1. The standard InChI is InChI=1S/C11H26N4O/c1-3-5-14-7-9-16-10-8-15-6-4-11(12)13-2/h14-15H,3-10H2,1-2H3,(H2,12,13). The van der Waals surface area contributed by atoms with Crippen molar-refractivity contribution in [3.05, 3.63) is 0 Å². The van der Waals surface area contributed by atoms with Crippen LogP contribution in [0.15, 0.2) is 4.99 Å². The molecule has 0 aliphatic rings. The Labute approximate surface area is 98.8 Å². The Bertz CT molecular complexity index is 173. The summed E-state index contributed by atoms with van der Waals surface area (Å²) < 4.78 is 5.43. The van der Waals surface area contributed by atoms with Gasteiger partial charge >= 0.3 is 0 Å². The number of nitrogens with two attached hydrogens (primary N) is 1. The number of nitrogens with one attached hydrogen (secondary N) is 2. The second-order valence-electron chi connectivity index (χ2n) is 3.58. The van der Waals surface area contributed by atoms with Crippen LogP contribution >= 0.6 is 0 Å². The maximum Gasteiger partial charge on any atom is 0.0946 e. The van der Waals surface area contributed by atoms with Crippen LogP contribution in [0.3, 0.4) is 0 Å². The van der Waals surface area contributed by atoms with E-state index in [1.165, 1.54) is 6.42 Å². The van der Waals surface area contributed by atoms with Gasteiger partial charge < -0.3 is 21.1 Å². The molecule has 0 unspecified atom stereocenters. The first-order valence-electron chi connectivity index (χ1n) is 6.01. The lowest BCUT2D eigenvalue weighted by Crippen LogP contribution is -2.26. The van der Waals surface area contributed by atoms with Crippen molar-refractivity contribution in [2.75, 3.05) is 46.4 Å². The van der Waals surface area contributed by atoms with Crippen LogP contribution in [-0.2, 0) is 4.74 Å². The van der Waals surface area contributed by atoms with Crippen LogP contribution in [-0.4, -0.2) is 52.3 Å². The summed E-state index contributed by atoms with van der Waals surface area (Å²) in [6.45, 7) is 7.41. The average Bonchev–Trinajstić information content (AvgIpc) is 2.31. The minimum atomic E-state index is 0.692. The molecule has 96 valence electrons. The van der Waals surface area contributed by atoms with E-state index in [2.05, 4.69) is 22.5 Å². The third kappa shape index (κ3) is 11.4. The zero-order valence-corrected chi connectivity index (χ0v) is 10.6. The van der Waals surface area contributed by atoms with E-state index < -0.39 is 0 Å². The zero-order chi connectivity index (χ0) is 12.1. The van der Waals surface area contributed by atoms with Crippen molar-refractivity contribution in [1.82, 2.24) is 10.6 Å². The van der Waals surface area contributed by atoms with Crippen LogP contribution < -0.4 is 16.4 Å². The van der Waals surface area contributed by atoms with Crippen LogP contribution in [0, 0.1) is 0 Å². The minimum Gasteiger partial charge on any atom is -0.387 e. The highest BCUT2D eigenvalue weighted by atomic mass is 16.5. The molecule has 0 aromatic rings. The predicted octanol–water partition coefficient (Wildman–Crippen LogP) is -0.0307. The van der Waals surface area contributed by atoms with Crippen molar-refractivity contribution in [1.29, 1.82) is 0 Å². The summed E-state index contributed by atoms with van der Waals surface area (Å²) >= 11 is 0. The van der Waals surface area contributed by atoms with Gasteiger partial charge in [-0.3, -0.25) is 4.99 Å². The van der Waals surface area contributed by atoms with Crippen LogP contribution in [0.4, 0.5) is 0 Å². The van der Waals surface area contributed by atoms with Crippen LogP contribution in [0.5, 0.6) is 0 Å². The van der Waals surface area contributed by atoms with E-state index in [4.69, 9.17) is 10.5 Å². The number of ether oxygens (including phenoxy) is 1. The maximum atomic E-state index is 5.55. The number of rotatable bonds is 11. The second kappa shape index (κ2) is 12.4. The van der Waals surface area contributed by atoms with E-state index >= 15 is 0 Å². The largest absolute Gasteiger partial charge is 0.387 e. The molecule has 0 aromatic carbocycles. The van der Waals surface area contributed by atoms with Crippen molar-refractivity contribution in [3.8, 4) is 0 Å². The highest BCUT2D eigenvalue weighted by Crippen LogP contribution is 1.78. The Kier molecular flexibility index (Phi) is 11.9. The fourth-order valence-corrected chi connectivity index (χ4v) is 1.15. The van der Waals surface area contributed by atoms with Crippen LogP contribution in [0.2, 0.25) is 0 Å².